The van der Waals surface area contributed by atoms with Crippen molar-refractivity contribution < 1.29 is 9.59 Å². The first-order valence-corrected chi connectivity index (χ1v) is 10.9. The SMILES string of the molecule is Cc1ccc(C2=C(Nc3ccc(C)c(C)c3)C(=O)N(c3ccc(C)c(Cl)c3)C2=O)c(C)c1. The van der Waals surface area contributed by atoms with Crippen molar-refractivity contribution >= 4 is 40.4 Å². The van der Waals surface area contributed by atoms with Gasteiger partial charge in [0.15, 0.2) is 0 Å². The van der Waals surface area contributed by atoms with Gasteiger partial charge in [0.2, 0.25) is 0 Å². The highest BCUT2D eigenvalue weighted by Crippen LogP contribution is 2.36. The van der Waals surface area contributed by atoms with E-state index in [4.69, 9.17) is 11.6 Å². The van der Waals surface area contributed by atoms with E-state index in [-0.39, 0.29) is 11.6 Å². The Kier molecular flexibility index (Phi) is 5.66. The summed E-state index contributed by atoms with van der Waals surface area (Å²) < 4.78 is 0. The zero-order chi connectivity index (χ0) is 23.2. The zero-order valence-corrected chi connectivity index (χ0v) is 19.6. The second-order valence-corrected chi connectivity index (χ2v) is 8.78. The average molecular weight is 445 g/mol. The lowest BCUT2D eigenvalue weighted by Gasteiger charge is -2.16. The van der Waals surface area contributed by atoms with E-state index in [2.05, 4.69) is 5.32 Å². The standard InChI is InChI=1S/C27H25ClN2O2/c1-15-6-11-22(19(5)12-15)24-25(29-20-9-7-16(2)18(4)13-20)27(32)30(26(24)31)21-10-8-17(3)23(28)14-21/h6-14,29H,1-5H3. The predicted molar refractivity (Wildman–Crippen MR) is 131 cm³/mol. The van der Waals surface area contributed by atoms with Gasteiger partial charge in [-0.1, -0.05) is 47.5 Å². The first kappa shape index (κ1) is 21.8. The van der Waals surface area contributed by atoms with Crippen LogP contribution in [0.5, 0.6) is 0 Å². The van der Waals surface area contributed by atoms with Gasteiger partial charge in [0.05, 0.1) is 11.3 Å². The van der Waals surface area contributed by atoms with Crippen LogP contribution in [-0.2, 0) is 9.59 Å². The highest BCUT2D eigenvalue weighted by molar-refractivity contribution is 6.46. The number of hydrogen-bond acceptors (Lipinski definition) is 3. The van der Waals surface area contributed by atoms with Crippen LogP contribution in [0, 0.1) is 34.6 Å². The molecule has 0 aromatic heterocycles. The molecule has 1 aliphatic rings. The Morgan fingerprint density at radius 2 is 1.44 bits per heavy atom. The molecule has 4 nitrogen and oxygen atoms in total. The third kappa shape index (κ3) is 3.82. The van der Waals surface area contributed by atoms with Crippen LogP contribution in [0.1, 0.15) is 33.4 Å². The van der Waals surface area contributed by atoms with Crippen LogP contribution >= 0.6 is 11.6 Å². The summed E-state index contributed by atoms with van der Waals surface area (Å²) in [7, 11) is 0. The van der Waals surface area contributed by atoms with Gasteiger partial charge < -0.3 is 5.32 Å². The average Bonchev–Trinajstić information content (AvgIpc) is 2.97. The molecule has 1 heterocycles. The van der Waals surface area contributed by atoms with Crippen LogP contribution in [-0.4, -0.2) is 11.8 Å². The van der Waals surface area contributed by atoms with Crippen molar-refractivity contribution in [2.45, 2.75) is 34.6 Å². The molecule has 0 aliphatic carbocycles. The fourth-order valence-electron chi connectivity index (χ4n) is 3.91. The maximum Gasteiger partial charge on any atom is 0.282 e. The third-order valence-corrected chi connectivity index (χ3v) is 6.33. The molecule has 0 fully saturated rings. The number of anilines is 2. The normalized spacial score (nSPS) is 13.9. The van der Waals surface area contributed by atoms with E-state index in [9.17, 15) is 9.59 Å². The molecule has 162 valence electrons. The number of rotatable bonds is 4. The number of imide groups is 1. The van der Waals surface area contributed by atoms with Gasteiger partial charge in [-0.05, 0) is 86.7 Å². The van der Waals surface area contributed by atoms with Crippen LogP contribution < -0.4 is 10.2 Å². The van der Waals surface area contributed by atoms with E-state index in [0.717, 1.165) is 39.1 Å². The second kappa shape index (κ2) is 8.29. The zero-order valence-electron chi connectivity index (χ0n) is 18.8. The fourth-order valence-corrected chi connectivity index (χ4v) is 4.08. The van der Waals surface area contributed by atoms with Crippen molar-refractivity contribution in [3.8, 4) is 0 Å². The quantitative estimate of drug-likeness (QED) is 0.482. The molecule has 4 rings (SSSR count). The number of amides is 2. The molecule has 0 bridgehead atoms. The number of halogens is 1. The molecule has 0 atom stereocenters. The topological polar surface area (TPSA) is 49.4 Å². The minimum Gasteiger partial charge on any atom is -0.350 e. The van der Waals surface area contributed by atoms with E-state index in [1.54, 1.807) is 12.1 Å². The summed E-state index contributed by atoms with van der Waals surface area (Å²) in [5.74, 6) is -0.767. The summed E-state index contributed by atoms with van der Waals surface area (Å²) in [5, 5.41) is 3.75. The number of hydrogen-bond donors (Lipinski definition) is 1. The Hall–Kier alpha value is -3.37. The third-order valence-electron chi connectivity index (χ3n) is 5.93. The number of carbonyl (C=O) groups is 2. The lowest BCUT2D eigenvalue weighted by atomic mass is 9.97. The van der Waals surface area contributed by atoms with E-state index in [0.29, 0.717) is 16.3 Å². The van der Waals surface area contributed by atoms with Gasteiger partial charge in [0.25, 0.3) is 11.8 Å². The smallest absolute Gasteiger partial charge is 0.282 e. The van der Waals surface area contributed by atoms with Gasteiger partial charge in [-0.3, -0.25) is 9.59 Å². The van der Waals surface area contributed by atoms with E-state index in [1.807, 2.05) is 77.1 Å². The van der Waals surface area contributed by atoms with Crippen LogP contribution in [0.4, 0.5) is 11.4 Å². The molecule has 0 saturated carbocycles. The second-order valence-electron chi connectivity index (χ2n) is 8.37. The van der Waals surface area contributed by atoms with Gasteiger partial charge in [-0.2, -0.15) is 0 Å². The molecule has 0 radical (unpaired) electrons. The summed E-state index contributed by atoms with van der Waals surface area (Å²) in [4.78, 5) is 28.4. The lowest BCUT2D eigenvalue weighted by Crippen LogP contribution is -2.32. The van der Waals surface area contributed by atoms with E-state index >= 15 is 0 Å². The molecule has 5 heteroatoms. The van der Waals surface area contributed by atoms with Crippen molar-refractivity contribution in [2.75, 3.05) is 10.2 Å². The van der Waals surface area contributed by atoms with Crippen molar-refractivity contribution in [2.24, 2.45) is 0 Å². The molecular weight excluding hydrogens is 420 g/mol. The first-order valence-electron chi connectivity index (χ1n) is 10.5. The summed E-state index contributed by atoms with van der Waals surface area (Å²) >= 11 is 6.30. The van der Waals surface area contributed by atoms with Gasteiger partial charge >= 0.3 is 0 Å². The Bertz CT molecular complexity index is 1310. The molecule has 0 unspecified atom stereocenters. The van der Waals surface area contributed by atoms with Gasteiger partial charge in [-0.15, -0.1) is 0 Å². The maximum atomic E-state index is 13.6. The molecule has 3 aromatic carbocycles. The van der Waals surface area contributed by atoms with Crippen LogP contribution in [0.15, 0.2) is 60.3 Å². The Morgan fingerprint density at radius 3 is 2.09 bits per heavy atom. The number of carbonyl (C=O) groups excluding carboxylic acids is 2. The number of nitrogens with one attached hydrogen (secondary N) is 1. The van der Waals surface area contributed by atoms with E-state index < -0.39 is 5.91 Å². The Morgan fingerprint density at radius 1 is 0.719 bits per heavy atom. The highest BCUT2D eigenvalue weighted by atomic mass is 35.5. The number of benzene rings is 3. The van der Waals surface area contributed by atoms with Gasteiger partial charge in [-0.25, -0.2) is 4.90 Å². The minimum atomic E-state index is -0.400. The van der Waals surface area contributed by atoms with Crippen LogP contribution in [0.3, 0.4) is 0 Å². The summed E-state index contributed by atoms with van der Waals surface area (Å²) in [6.45, 7) is 9.88. The van der Waals surface area contributed by atoms with Gasteiger partial charge in [0, 0.05) is 10.7 Å². The monoisotopic (exact) mass is 444 g/mol. The summed E-state index contributed by atoms with van der Waals surface area (Å²) in [5.41, 5.74) is 7.74. The number of aryl methyl sites for hydroxylation is 5. The highest BCUT2D eigenvalue weighted by Gasteiger charge is 2.40. The lowest BCUT2D eigenvalue weighted by molar-refractivity contribution is -0.120. The minimum absolute atomic E-state index is 0.266. The predicted octanol–water partition coefficient (Wildman–Crippen LogP) is 6.28. The van der Waals surface area contributed by atoms with E-state index in [1.165, 1.54) is 4.90 Å². The van der Waals surface area contributed by atoms with Crippen molar-refractivity contribution in [1.29, 1.82) is 0 Å². The van der Waals surface area contributed by atoms with Crippen molar-refractivity contribution in [3.63, 3.8) is 0 Å². The summed E-state index contributed by atoms with van der Waals surface area (Å²) in [6.07, 6.45) is 0. The largest absolute Gasteiger partial charge is 0.350 e. The van der Waals surface area contributed by atoms with Crippen molar-refractivity contribution in [3.05, 3.63) is 98.7 Å². The fraction of sp³-hybridized carbons (Fsp3) is 0.185. The van der Waals surface area contributed by atoms with Crippen LogP contribution in [0.25, 0.3) is 5.57 Å². The molecule has 32 heavy (non-hydrogen) atoms. The molecule has 2 amide bonds. The summed E-state index contributed by atoms with van der Waals surface area (Å²) in [6, 6.07) is 17.0. The maximum absolute atomic E-state index is 13.6. The molecule has 1 N–H and O–H groups in total. The van der Waals surface area contributed by atoms with Crippen molar-refractivity contribution in [1.82, 2.24) is 0 Å². The van der Waals surface area contributed by atoms with Gasteiger partial charge in [0.1, 0.15) is 5.70 Å². The Balaban J connectivity index is 1.87. The molecule has 0 spiro atoms. The molecule has 1 aliphatic heterocycles. The molecule has 0 saturated heterocycles. The number of nitrogens with zero attached hydrogens (tertiary/aromatic N) is 1. The Labute approximate surface area is 193 Å². The molecule has 3 aromatic rings. The molecular formula is C27H25ClN2O2. The first-order chi connectivity index (χ1) is 15.2. The van der Waals surface area contributed by atoms with Crippen LogP contribution in [0.2, 0.25) is 5.02 Å².